The Balaban J connectivity index is 1.99. The van der Waals surface area contributed by atoms with Gasteiger partial charge in [-0.05, 0) is 24.5 Å². The first-order valence-electron chi connectivity index (χ1n) is 7.40. The van der Waals surface area contributed by atoms with E-state index in [4.69, 9.17) is 0 Å². The van der Waals surface area contributed by atoms with E-state index in [-0.39, 0.29) is 6.10 Å². The first kappa shape index (κ1) is 15.2. The molecule has 102 valence electrons. The molecular weight excluding hydrogens is 222 g/mol. The third-order valence-electron chi connectivity index (χ3n) is 3.34. The topological polar surface area (TPSA) is 33.1 Å². The number of aliphatic hydroxyl groups is 1. The van der Waals surface area contributed by atoms with Crippen molar-refractivity contribution < 1.29 is 5.11 Å². The molecule has 0 amide bonds. The predicted molar refractivity (Wildman–Crippen MR) is 76.6 cm³/mol. The van der Waals surface area contributed by atoms with Gasteiger partial charge in [0.25, 0.3) is 0 Å². The van der Waals surface area contributed by atoms with Gasteiger partial charge in [0.15, 0.2) is 0 Å². The first-order chi connectivity index (χ1) is 8.83. The maximum Gasteiger partial charge on any atom is 0.0581 e. The van der Waals surface area contributed by atoms with Gasteiger partial charge in [0.05, 0.1) is 6.10 Å². The van der Waals surface area contributed by atoms with Crippen LogP contribution in [-0.4, -0.2) is 16.2 Å². The van der Waals surface area contributed by atoms with E-state index >= 15 is 0 Å². The zero-order chi connectivity index (χ0) is 13.1. The van der Waals surface area contributed by atoms with E-state index in [9.17, 15) is 5.11 Å². The number of hydrogen-bond acceptors (Lipinski definition) is 2. The Morgan fingerprint density at radius 3 is 2.50 bits per heavy atom. The van der Waals surface area contributed by atoms with Crippen molar-refractivity contribution in [2.24, 2.45) is 0 Å². The quantitative estimate of drug-likeness (QED) is 0.633. The summed E-state index contributed by atoms with van der Waals surface area (Å²) >= 11 is 0. The smallest absolute Gasteiger partial charge is 0.0581 e. The number of unbranched alkanes of at least 4 members (excludes halogenated alkanes) is 6. The molecule has 1 aromatic rings. The number of rotatable bonds is 10. The lowest BCUT2D eigenvalue weighted by Gasteiger charge is -2.10. The van der Waals surface area contributed by atoms with Crippen LogP contribution in [0, 0.1) is 0 Å². The minimum Gasteiger partial charge on any atom is -0.393 e. The minimum atomic E-state index is -0.204. The average molecular weight is 249 g/mol. The molecule has 0 aliphatic carbocycles. The zero-order valence-corrected chi connectivity index (χ0v) is 11.6. The summed E-state index contributed by atoms with van der Waals surface area (Å²) in [7, 11) is 0. The highest BCUT2D eigenvalue weighted by Crippen LogP contribution is 2.12. The fourth-order valence-electron chi connectivity index (χ4n) is 2.23. The summed E-state index contributed by atoms with van der Waals surface area (Å²) in [5.41, 5.74) is 1.13. The van der Waals surface area contributed by atoms with E-state index in [1.807, 2.05) is 18.3 Å². The predicted octanol–water partition coefficient (Wildman–Crippen LogP) is 4.13. The molecule has 0 radical (unpaired) electrons. The van der Waals surface area contributed by atoms with E-state index in [2.05, 4.69) is 11.9 Å². The average Bonchev–Trinajstić information content (AvgIpc) is 2.39. The summed E-state index contributed by atoms with van der Waals surface area (Å²) in [4.78, 5) is 4.06. The van der Waals surface area contributed by atoms with Crippen LogP contribution >= 0.6 is 0 Å². The first-order valence-corrected chi connectivity index (χ1v) is 7.40. The number of aromatic nitrogens is 1. The number of hydrogen-bond donors (Lipinski definition) is 1. The molecule has 1 aromatic heterocycles. The lowest BCUT2D eigenvalue weighted by Crippen LogP contribution is -2.10. The van der Waals surface area contributed by atoms with Crippen molar-refractivity contribution in [1.82, 2.24) is 4.98 Å². The van der Waals surface area contributed by atoms with Crippen molar-refractivity contribution in [3.63, 3.8) is 0 Å². The molecule has 0 saturated heterocycles. The monoisotopic (exact) mass is 249 g/mol. The summed E-state index contributed by atoms with van der Waals surface area (Å²) in [6.07, 6.45) is 14.2. The summed E-state index contributed by atoms with van der Waals surface area (Å²) in [6.45, 7) is 2.24. The molecular formula is C16H27NO. The summed E-state index contributed by atoms with van der Waals surface area (Å²) < 4.78 is 0. The Hall–Kier alpha value is -0.890. The molecule has 2 heteroatoms. The van der Waals surface area contributed by atoms with E-state index in [1.165, 1.54) is 38.5 Å². The Kier molecular flexibility index (Phi) is 8.49. The maximum atomic E-state index is 9.92. The molecule has 1 rings (SSSR count). The van der Waals surface area contributed by atoms with Crippen LogP contribution < -0.4 is 0 Å². The molecule has 0 aliphatic rings. The van der Waals surface area contributed by atoms with Crippen LogP contribution in [0.5, 0.6) is 0 Å². The molecule has 18 heavy (non-hydrogen) atoms. The van der Waals surface area contributed by atoms with Gasteiger partial charge < -0.3 is 5.11 Å². The number of nitrogens with zero attached hydrogens (tertiary/aromatic N) is 1. The van der Waals surface area contributed by atoms with E-state index in [0.717, 1.165) is 24.8 Å². The van der Waals surface area contributed by atoms with Crippen molar-refractivity contribution in [2.75, 3.05) is 0 Å². The Morgan fingerprint density at radius 2 is 1.83 bits per heavy atom. The summed E-state index contributed by atoms with van der Waals surface area (Å²) in [5, 5.41) is 9.92. The second-order valence-electron chi connectivity index (χ2n) is 5.13. The van der Waals surface area contributed by atoms with Crippen molar-refractivity contribution >= 4 is 0 Å². The highest BCUT2D eigenvalue weighted by molar-refractivity contribution is 5.09. The van der Waals surface area contributed by atoms with Crippen LogP contribution in [0.2, 0.25) is 0 Å². The van der Waals surface area contributed by atoms with Crippen LogP contribution in [0.15, 0.2) is 24.5 Å². The van der Waals surface area contributed by atoms with E-state index < -0.39 is 0 Å². The van der Waals surface area contributed by atoms with Gasteiger partial charge in [0, 0.05) is 12.4 Å². The van der Waals surface area contributed by atoms with Crippen molar-refractivity contribution in [3.8, 4) is 0 Å². The molecule has 0 aliphatic heterocycles. The molecule has 1 atom stereocenters. The largest absolute Gasteiger partial charge is 0.393 e. The highest BCUT2D eigenvalue weighted by Gasteiger charge is 2.05. The Bertz CT molecular complexity index is 286. The van der Waals surface area contributed by atoms with Gasteiger partial charge >= 0.3 is 0 Å². The van der Waals surface area contributed by atoms with Crippen LogP contribution in [0.3, 0.4) is 0 Å². The van der Waals surface area contributed by atoms with Crippen LogP contribution in [0.1, 0.15) is 63.9 Å². The second kappa shape index (κ2) is 10.1. The van der Waals surface area contributed by atoms with Gasteiger partial charge in [0.1, 0.15) is 0 Å². The van der Waals surface area contributed by atoms with Gasteiger partial charge in [-0.15, -0.1) is 0 Å². The molecule has 1 N–H and O–H groups in total. The maximum absolute atomic E-state index is 9.92. The van der Waals surface area contributed by atoms with Gasteiger partial charge in [-0.2, -0.15) is 0 Å². The molecule has 1 unspecified atom stereocenters. The van der Waals surface area contributed by atoms with Crippen LogP contribution in [0.4, 0.5) is 0 Å². The SMILES string of the molecule is CCCCCCCCCC(O)Cc1cccnc1. The molecule has 2 nitrogen and oxygen atoms in total. The van der Waals surface area contributed by atoms with Gasteiger partial charge in [-0.3, -0.25) is 4.98 Å². The molecule has 0 fully saturated rings. The van der Waals surface area contributed by atoms with Crippen molar-refractivity contribution in [3.05, 3.63) is 30.1 Å². The molecule has 1 heterocycles. The zero-order valence-electron chi connectivity index (χ0n) is 11.6. The van der Waals surface area contributed by atoms with Crippen LogP contribution in [-0.2, 0) is 6.42 Å². The van der Waals surface area contributed by atoms with E-state index in [1.54, 1.807) is 6.20 Å². The third-order valence-corrected chi connectivity index (χ3v) is 3.34. The van der Waals surface area contributed by atoms with Crippen LogP contribution in [0.25, 0.3) is 0 Å². The molecule has 0 bridgehead atoms. The third kappa shape index (κ3) is 7.44. The lowest BCUT2D eigenvalue weighted by molar-refractivity contribution is 0.160. The summed E-state index contributed by atoms with van der Waals surface area (Å²) in [6, 6.07) is 3.96. The fraction of sp³-hybridized carbons (Fsp3) is 0.688. The van der Waals surface area contributed by atoms with Crippen molar-refractivity contribution in [2.45, 2.75) is 70.8 Å². The van der Waals surface area contributed by atoms with E-state index in [0.29, 0.717) is 0 Å². The molecule has 0 spiro atoms. The second-order valence-corrected chi connectivity index (χ2v) is 5.13. The normalized spacial score (nSPS) is 12.6. The van der Waals surface area contributed by atoms with Gasteiger partial charge in [0.2, 0.25) is 0 Å². The standard InChI is InChI=1S/C16H27NO/c1-2-3-4-5-6-7-8-11-16(18)13-15-10-9-12-17-14-15/h9-10,12,14,16,18H,2-8,11,13H2,1H3. The van der Waals surface area contributed by atoms with Gasteiger partial charge in [-0.25, -0.2) is 0 Å². The highest BCUT2D eigenvalue weighted by atomic mass is 16.3. The minimum absolute atomic E-state index is 0.204. The molecule has 0 saturated carbocycles. The summed E-state index contributed by atoms with van der Waals surface area (Å²) in [5.74, 6) is 0. The lowest BCUT2D eigenvalue weighted by atomic mass is 10.0. The number of aliphatic hydroxyl groups excluding tert-OH is 1. The Labute approximate surface area is 111 Å². The Morgan fingerprint density at radius 1 is 1.11 bits per heavy atom. The van der Waals surface area contributed by atoms with Gasteiger partial charge in [-0.1, -0.05) is 57.9 Å². The molecule has 0 aromatic carbocycles. The fourth-order valence-corrected chi connectivity index (χ4v) is 2.23. The van der Waals surface area contributed by atoms with Crippen molar-refractivity contribution in [1.29, 1.82) is 0 Å². The number of pyridine rings is 1.